The number of aromatic nitrogens is 1. The maximum absolute atomic E-state index is 11.5. The second-order valence-electron chi connectivity index (χ2n) is 3.46. The highest BCUT2D eigenvalue weighted by atomic mass is 16.5. The van der Waals surface area contributed by atoms with Crippen LogP contribution in [0.3, 0.4) is 0 Å². The standard InChI is InChI=1S/C12H9NO4/c1-7-9(11(14)12(15)16)10(13-17-7)8-5-3-2-4-6-8/h2-6H,1H3,(H,15,16). The molecule has 2 rings (SSSR count). The highest BCUT2D eigenvalue weighted by Gasteiger charge is 2.26. The van der Waals surface area contributed by atoms with E-state index in [9.17, 15) is 9.59 Å². The van der Waals surface area contributed by atoms with Crippen LogP contribution in [0.15, 0.2) is 34.9 Å². The summed E-state index contributed by atoms with van der Waals surface area (Å²) in [6.45, 7) is 1.51. The predicted octanol–water partition coefficient (Wildman–Crippen LogP) is 1.92. The Morgan fingerprint density at radius 2 is 1.88 bits per heavy atom. The summed E-state index contributed by atoms with van der Waals surface area (Å²) >= 11 is 0. The van der Waals surface area contributed by atoms with E-state index in [0.717, 1.165) is 0 Å². The Morgan fingerprint density at radius 1 is 1.24 bits per heavy atom. The monoisotopic (exact) mass is 231 g/mol. The molecule has 1 N–H and O–H groups in total. The van der Waals surface area contributed by atoms with Gasteiger partial charge < -0.3 is 9.63 Å². The smallest absolute Gasteiger partial charge is 0.377 e. The highest BCUT2D eigenvalue weighted by molar-refractivity contribution is 6.41. The van der Waals surface area contributed by atoms with Gasteiger partial charge in [-0.05, 0) is 6.92 Å². The lowest BCUT2D eigenvalue weighted by Crippen LogP contribution is -2.14. The van der Waals surface area contributed by atoms with Gasteiger partial charge in [0, 0.05) is 5.56 Å². The molecule has 0 atom stereocenters. The van der Waals surface area contributed by atoms with Crippen LogP contribution < -0.4 is 0 Å². The fourth-order valence-corrected chi connectivity index (χ4v) is 1.54. The summed E-state index contributed by atoms with van der Waals surface area (Å²) in [5.74, 6) is -2.33. The van der Waals surface area contributed by atoms with Gasteiger partial charge in [-0.3, -0.25) is 4.79 Å². The van der Waals surface area contributed by atoms with E-state index in [2.05, 4.69) is 5.16 Å². The number of Topliss-reactive ketones (excluding diaryl/α,β-unsaturated/α-hetero) is 1. The minimum atomic E-state index is -1.52. The fraction of sp³-hybridized carbons (Fsp3) is 0.0833. The van der Waals surface area contributed by atoms with Crippen LogP contribution in [0.1, 0.15) is 16.1 Å². The van der Waals surface area contributed by atoms with Gasteiger partial charge >= 0.3 is 5.97 Å². The third kappa shape index (κ3) is 1.94. The van der Waals surface area contributed by atoms with Gasteiger partial charge in [-0.1, -0.05) is 35.5 Å². The molecule has 0 spiro atoms. The third-order valence-corrected chi connectivity index (χ3v) is 2.33. The van der Waals surface area contributed by atoms with E-state index in [4.69, 9.17) is 9.63 Å². The first kappa shape index (κ1) is 11.1. The van der Waals surface area contributed by atoms with E-state index in [-0.39, 0.29) is 17.0 Å². The summed E-state index contributed by atoms with van der Waals surface area (Å²) in [6, 6.07) is 8.82. The topological polar surface area (TPSA) is 80.4 Å². The average Bonchev–Trinajstić information content (AvgIpc) is 2.71. The molecule has 0 aliphatic carbocycles. The van der Waals surface area contributed by atoms with E-state index in [1.165, 1.54) is 6.92 Å². The number of hydrogen-bond donors (Lipinski definition) is 1. The molecule has 0 aliphatic rings. The zero-order chi connectivity index (χ0) is 12.4. The number of carbonyl (C=O) groups is 2. The molecule has 0 saturated carbocycles. The maximum Gasteiger partial charge on any atom is 0.377 e. The van der Waals surface area contributed by atoms with Gasteiger partial charge in [0.15, 0.2) is 0 Å². The van der Waals surface area contributed by atoms with Gasteiger partial charge in [-0.25, -0.2) is 4.79 Å². The van der Waals surface area contributed by atoms with Gasteiger partial charge in [0.05, 0.1) is 0 Å². The van der Waals surface area contributed by atoms with Gasteiger partial charge in [0.2, 0.25) is 0 Å². The van der Waals surface area contributed by atoms with Crippen LogP contribution >= 0.6 is 0 Å². The van der Waals surface area contributed by atoms with E-state index < -0.39 is 11.8 Å². The Bertz CT molecular complexity index is 571. The van der Waals surface area contributed by atoms with Crippen molar-refractivity contribution in [3.8, 4) is 11.3 Å². The Morgan fingerprint density at radius 3 is 2.47 bits per heavy atom. The first-order valence-corrected chi connectivity index (χ1v) is 4.90. The quantitative estimate of drug-likeness (QED) is 0.644. The van der Waals surface area contributed by atoms with Crippen LogP contribution in [0, 0.1) is 6.92 Å². The molecule has 5 nitrogen and oxygen atoms in total. The fourth-order valence-electron chi connectivity index (χ4n) is 1.54. The van der Waals surface area contributed by atoms with Crippen molar-refractivity contribution in [2.45, 2.75) is 6.92 Å². The van der Waals surface area contributed by atoms with Gasteiger partial charge in [0.25, 0.3) is 5.78 Å². The molecule has 0 radical (unpaired) electrons. The Hall–Kier alpha value is -2.43. The van der Waals surface area contributed by atoms with Crippen molar-refractivity contribution in [1.29, 1.82) is 0 Å². The number of benzene rings is 1. The van der Waals surface area contributed by atoms with Crippen molar-refractivity contribution in [2.75, 3.05) is 0 Å². The predicted molar refractivity (Wildman–Crippen MR) is 58.6 cm³/mol. The molecule has 86 valence electrons. The summed E-state index contributed by atoms with van der Waals surface area (Å²) in [5, 5.41) is 12.5. The molecular weight excluding hydrogens is 222 g/mol. The van der Waals surface area contributed by atoms with Gasteiger partial charge in [-0.2, -0.15) is 0 Å². The summed E-state index contributed by atoms with van der Waals surface area (Å²) < 4.78 is 4.89. The summed E-state index contributed by atoms with van der Waals surface area (Å²) in [6.07, 6.45) is 0. The Kier molecular flexibility index (Phi) is 2.74. The van der Waals surface area contributed by atoms with E-state index in [0.29, 0.717) is 5.56 Å². The van der Waals surface area contributed by atoms with Crippen LogP contribution in [0.4, 0.5) is 0 Å². The van der Waals surface area contributed by atoms with Gasteiger partial charge in [0.1, 0.15) is 17.0 Å². The molecule has 1 aromatic heterocycles. The first-order chi connectivity index (χ1) is 8.11. The highest BCUT2D eigenvalue weighted by Crippen LogP contribution is 2.25. The van der Waals surface area contributed by atoms with Crippen molar-refractivity contribution < 1.29 is 19.2 Å². The molecule has 1 aromatic carbocycles. The molecule has 0 unspecified atom stereocenters. The van der Waals surface area contributed by atoms with Crippen LogP contribution in [0.5, 0.6) is 0 Å². The molecule has 5 heteroatoms. The van der Waals surface area contributed by atoms with Crippen LogP contribution in [0.25, 0.3) is 11.3 Å². The number of hydrogen-bond acceptors (Lipinski definition) is 4. The zero-order valence-corrected chi connectivity index (χ0v) is 9.01. The SMILES string of the molecule is Cc1onc(-c2ccccc2)c1C(=O)C(=O)O. The molecule has 1 heterocycles. The second-order valence-corrected chi connectivity index (χ2v) is 3.46. The zero-order valence-electron chi connectivity index (χ0n) is 9.01. The lowest BCUT2D eigenvalue weighted by atomic mass is 10.0. The normalized spacial score (nSPS) is 10.2. The van der Waals surface area contributed by atoms with E-state index >= 15 is 0 Å². The van der Waals surface area contributed by atoms with E-state index in [1.54, 1.807) is 24.3 Å². The van der Waals surface area contributed by atoms with Crippen molar-refractivity contribution in [1.82, 2.24) is 5.16 Å². The van der Waals surface area contributed by atoms with Crippen LogP contribution in [-0.2, 0) is 4.79 Å². The van der Waals surface area contributed by atoms with E-state index in [1.807, 2.05) is 6.07 Å². The lowest BCUT2D eigenvalue weighted by molar-refractivity contribution is -0.131. The van der Waals surface area contributed by atoms with Crippen molar-refractivity contribution >= 4 is 11.8 Å². The molecule has 17 heavy (non-hydrogen) atoms. The third-order valence-electron chi connectivity index (χ3n) is 2.33. The number of ketones is 1. The van der Waals surface area contributed by atoms with Gasteiger partial charge in [-0.15, -0.1) is 0 Å². The Labute approximate surface area is 96.7 Å². The summed E-state index contributed by atoms with van der Waals surface area (Å²) in [7, 11) is 0. The molecular formula is C12H9NO4. The number of carbonyl (C=O) groups excluding carboxylic acids is 1. The largest absolute Gasteiger partial charge is 0.475 e. The molecule has 2 aromatic rings. The molecule has 0 aliphatic heterocycles. The first-order valence-electron chi connectivity index (χ1n) is 4.90. The van der Waals surface area contributed by atoms with Crippen molar-refractivity contribution in [3.63, 3.8) is 0 Å². The molecule has 0 saturated heterocycles. The number of nitrogens with zero attached hydrogens (tertiary/aromatic N) is 1. The maximum atomic E-state index is 11.5. The number of carboxylic acid groups (broad SMARTS) is 1. The second kappa shape index (κ2) is 4.21. The van der Waals surface area contributed by atoms with Crippen LogP contribution in [0.2, 0.25) is 0 Å². The number of aryl methyl sites for hydroxylation is 1. The Balaban J connectivity index is 2.58. The summed E-state index contributed by atoms with van der Waals surface area (Å²) in [5.41, 5.74) is 0.910. The van der Waals surface area contributed by atoms with Crippen LogP contribution in [-0.4, -0.2) is 22.0 Å². The minimum Gasteiger partial charge on any atom is -0.475 e. The molecule has 0 bridgehead atoms. The number of carboxylic acids is 1. The summed E-state index contributed by atoms with van der Waals surface area (Å²) in [4.78, 5) is 22.2. The minimum absolute atomic E-state index is 0.00343. The molecule has 0 fully saturated rings. The lowest BCUT2D eigenvalue weighted by Gasteiger charge is -1.98. The average molecular weight is 231 g/mol. The number of aliphatic carboxylic acids is 1. The molecule has 0 amide bonds. The number of rotatable bonds is 3. The van der Waals surface area contributed by atoms with Crippen molar-refractivity contribution in [3.05, 3.63) is 41.7 Å². The van der Waals surface area contributed by atoms with Crippen molar-refractivity contribution in [2.24, 2.45) is 0 Å².